The molecule has 1 aromatic rings. The van der Waals surface area contributed by atoms with Gasteiger partial charge >= 0.3 is 0 Å². The van der Waals surface area contributed by atoms with Crippen LogP contribution in [0, 0.1) is 0 Å². The molecule has 0 aliphatic rings. The smallest absolute Gasteiger partial charge is 0.224 e. The van der Waals surface area contributed by atoms with Gasteiger partial charge in [0.1, 0.15) is 0 Å². The van der Waals surface area contributed by atoms with E-state index < -0.39 is 0 Å². The molecule has 0 aromatic heterocycles. The summed E-state index contributed by atoms with van der Waals surface area (Å²) >= 11 is 4.94. The molecule has 1 amide bonds. The summed E-state index contributed by atoms with van der Waals surface area (Å²) in [5.41, 5.74) is 0.971. The van der Waals surface area contributed by atoms with E-state index in [0.717, 1.165) is 10.0 Å². The zero-order chi connectivity index (χ0) is 13.5. The van der Waals surface area contributed by atoms with Gasteiger partial charge in [0.15, 0.2) is 0 Å². The van der Waals surface area contributed by atoms with Crippen molar-refractivity contribution < 1.29 is 9.90 Å². The van der Waals surface area contributed by atoms with Crippen LogP contribution in [0.15, 0.2) is 28.7 Å². The number of thioether (sulfide) groups is 1. The van der Waals surface area contributed by atoms with Crippen LogP contribution in [-0.4, -0.2) is 35.2 Å². The zero-order valence-corrected chi connectivity index (χ0v) is 12.9. The third-order valence-electron chi connectivity index (χ3n) is 2.68. The van der Waals surface area contributed by atoms with Crippen molar-refractivity contribution in [2.24, 2.45) is 0 Å². The molecule has 100 valence electrons. The zero-order valence-electron chi connectivity index (χ0n) is 10.5. The molecule has 2 unspecified atom stereocenters. The molecule has 0 aliphatic carbocycles. The third kappa shape index (κ3) is 5.00. The number of carbonyl (C=O) groups excluding carboxylic acids is 1. The molecule has 18 heavy (non-hydrogen) atoms. The quantitative estimate of drug-likeness (QED) is 0.840. The van der Waals surface area contributed by atoms with Crippen LogP contribution in [0.5, 0.6) is 0 Å². The lowest BCUT2D eigenvalue weighted by Gasteiger charge is -2.21. The van der Waals surface area contributed by atoms with Gasteiger partial charge in [0.25, 0.3) is 0 Å². The van der Waals surface area contributed by atoms with Crippen molar-refractivity contribution in [3.63, 3.8) is 0 Å². The minimum atomic E-state index is -0.0374. The van der Waals surface area contributed by atoms with E-state index in [0.29, 0.717) is 6.42 Å². The number of hydrogen-bond acceptors (Lipinski definition) is 3. The van der Waals surface area contributed by atoms with Crippen molar-refractivity contribution in [3.05, 3.63) is 34.3 Å². The van der Waals surface area contributed by atoms with E-state index >= 15 is 0 Å². The molecule has 2 atom stereocenters. The average molecular weight is 332 g/mol. The summed E-state index contributed by atoms with van der Waals surface area (Å²) in [6.07, 6.45) is 2.29. The molecule has 0 aliphatic heterocycles. The predicted octanol–water partition coefficient (Wildman–Crippen LogP) is 2.22. The highest BCUT2D eigenvalue weighted by atomic mass is 79.9. The van der Waals surface area contributed by atoms with Crippen LogP contribution in [0.25, 0.3) is 0 Å². The number of aliphatic hydroxyl groups excluding tert-OH is 1. The standard InChI is InChI=1S/C13H18BrNO2S/c1-9(12(8-16)18-2)15-13(17)7-10-4-3-5-11(14)6-10/h3-6,9,12,16H,7-8H2,1-2H3,(H,15,17). The van der Waals surface area contributed by atoms with Gasteiger partial charge in [-0.05, 0) is 30.9 Å². The van der Waals surface area contributed by atoms with Crippen LogP contribution in [0.3, 0.4) is 0 Å². The van der Waals surface area contributed by atoms with Crippen LogP contribution < -0.4 is 5.32 Å². The Bertz CT molecular complexity index is 396. The number of nitrogens with one attached hydrogen (secondary N) is 1. The molecule has 0 saturated heterocycles. The van der Waals surface area contributed by atoms with Crippen molar-refractivity contribution in [2.75, 3.05) is 12.9 Å². The summed E-state index contributed by atoms with van der Waals surface area (Å²) < 4.78 is 0.971. The Morgan fingerprint density at radius 1 is 1.56 bits per heavy atom. The Morgan fingerprint density at radius 2 is 2.28 bits per heavy atom. The molecule has 1 rings (SSSR count). The number of aliphatic hydroxyl groups is 1. The van der Waals surface area contributed by atoms with Crippen LogP contribution >= 0.6 is 27.7 Å². The van der Waals surface area contributed by atoms with E-state index in [1.807, 2.05) is 37.4 Å². The van der Waals surface area contributed by atoms with E-state index in [-0.39, 0.29) is 23.8 Å². The fraction of sp³-hybridized carbons (Fsp3) is 0.462. The lowest BCUT2D eigenvalue weighted by Crippen LogP contribution is -2.41. The number of amides is 1. The number of rotatable bonds is 6. The number of benzene rings is 1. The molecule has 0 radical (unpaired) electrons. The molecule has 5 heteroatoms. The minimum Gasteiger partial charge on any atom is -0.395 e. The first-order valence-corrected chi connectivity index (χ1v) is 7.82. The summed E-state index contributed by atoms with van der Waals surface area (Å²) in [5, 5.41) is 12.1. The normalized spacial score (nSPS) is 14.0. The second-order valence-corrected chi connectivity index (χ2v) is 6.11. The van der Waals surface area contributed by atoms with E-state index in [2.05, 4.69) is 21.2 Å². The van der Waals surface area contributed by atoms with Gasteiger partial charge in [-0.15, -0.1) is 0 Å². The van der Waals surface area contributed by atoms with E-state index in [1.54, 1.807) is 11.8 Å². The van der Waals surface area contributed by atoms with Crippen molar-refractivity contribution in [1.29, 1.82) is 0 Å². The number of hydrogen-bond donors (Lipinski definition) is 2. The molecule has 0 fully saturated rings. The molecule has 1 aromatic carbocycles. The second-order valence-electron chi connectivity index (χ2n) is 4.12. The fourth-order valence-corrected chi connectivity index (χ4v) is 2.74. The Hall–Kier alpha value is -0.520. The summed E-state index contributed by atoms with van der Waals surface area (Å²) in [4.78, 5) is 11.9. The molecular formula is C13H18BrNO2S. The van der Waals surface area contributed by atoms with E-state index in [4.69, 9.17) is 5.11 Å². The molecule has 0 heterocycles. The summed E-state index contributed by atoms with van der Waals surface area (Å²) in [7, 11) is 0. The number of carbonyl (C=O) groups is 1. The van der Waals surface area contributed by atoms with Gasteiger partial charge in [-0.1, -0.05) is 28.1 Å². The van der Waals surface area contributed by atoms with Crippen LogP contribution in [-0.2, 0) is 11.2 Å². The SMILES string of the molecule is CSC(CO)C(C)NC(=O)Cc1cccc(Br)c1. The Labute approximate surface area is 120 Å². The van der Waals surface area contributed by atoms with Crippen molar-refractivity contribution >= 4 is 33.6 Å². The van der Waals surface area contributed by atoms with Gasteiger partial charge < -0.3 is 10.4 Å². The van der Waals surface area contributed by atoms with Crippen LogP contribution in [0.2, 0.25) is 0 Å². The number of halogens is 1. The average Bonchev–Trinajstić information content (AvgIpc) is 2.30. The van der Waals surface area contributed by atoms with Gasteiger partial charge in [-0.2, -0.15) is 11.8 Å². The fourth-order valence-electron chi connectivity index (χ4n) is 1.67. The lowest BCUT2D eigenvalue weighted by molar-refractivity contribution is -0.121. The molecule has 0 saturated carbocycles. The van der Waals surface area contributed by atoms with Crippen molar-refractivity contribution in [1.82, 2.24) is 5.32 Å². The van der Waals surface area contributed by atoms with Gasteiger partial charge in [0, 0.05) is 15.8 Å². The summed E-state index contributed by atoms with van der Waals surface area (Å²) in [5.74, 6) is -0.0203. The Kier molecular flexibility index (Phi) is 6.75. The van der Waals surface area contributed by atoms with Crippen LogP contribution in [0.4, 0.5) is 0 Å². The Morgan fingerprint density at radius 3 is 2.83 bits per heavy atom. The van der Waals surface area contributed by atoms with Crippen molar-refractivity contribution in [3.8, 4) is 0 Å². The predicted molar refractivity (Wildman–Crippen MR) is 79.8 cm³/mol. The van der Waals surface area contributed by atoms with Crippen LogP contribution in [0.1, 0.15) is 12.5 Å². The summed E-state index contributed by atoms with van der Waals surface area (Å²) in [6, 6.07) is 7.66. The summed E-state index contributed by atoms with van der Waals surface area (Å²) in [6.45, 7) is 1.98. The monoisotopic (exact) mass is 331 g/mol. The maximum Gasteiger partial charge on any atom is 0.224 e. The van der Waals surface area contributed by atoms with E-state index in [1.165, 1.54) is 0 Å². The first-order chi connectivity index (χ1) is 8.56. The molecule has 3 nitrogen and oxygen atoms in total. The molecule has 0 spiro atoms. The van der Waals surface area contributed by atoms with Crippen molar-refractivity contribution in [2.45, 2.75) is 24.6 Å². The maximum absolute atomic E-state index is 11.9. The maximum atomic E-state index is 11.9. The van der Waals surface area contributed by atoms with E-state index in [9.17, 15) is 4.79 Å². The Balaban J connectivity index is 2.51. The first-order valence-electron chi connectivity index (χ1n) is 5.74. The highest BCUT2D eigenvalue weighted by Gasteiger charge is 2.17. The first kappa shape index (κ1) is 15.5. The molecular weight excluding hydrogens is 314 g/mol. The van der Waals surface area contributed by atoms with Gasteiger partial charge in [-0.25, -0.2) is 0 Å². The molecule has 2 N–H and O–H groups in total. The third-order valence-corrected chi connectivity index (χ3v) is 4.34. The largest absolute Gasteiger partial charge is 0.395 e. The van der Waals surface area contributed by atoms with Gasteiger partial charge in [0.2, 0.25) is 5.91 Å². The second kappa shape index (κ2) is 7.81. The highest BCUT2D eigenvalue weighted by molar-refractivity contribution is 9.10. The minimum absolute atomic E-state index is 0.0203. The van der Waals surface area contributed by atoms with Gasteiger partial charge in [-0.3, -0.25) is 4.79 Å². The van der Waals surface area contributed by atoms with Gasteiger partial charge in [0.05, 0.1) is 13.0 Å². The highest BCUT2D eigenvalue weighted by Crippen LogP contribution is 2.13. The topological polar surface area (TPSA) is 49.3 Å². The lowest BCUT2D eigenvalue weighted by atomic mass is 10.1. The molecule has 0 bridgehead atoms.